The molecule has 0 nitrogen and oxygen atoms in total. The molecule has 0 aliphatic heterocycles. The fourth-order valence-electron chi connectivity index (χ4n) is 1.22. The molecule has 0 aromatic heterocycles. The van der Waals surface area contributed by atoms with E-state index in [4.69, 9.17) is 22.2 Å². The molecule has 0 heterocycles. The van der Waals surface area contributed by atoms with Crippen LogP contribution in [0.3, 0.4) is 0 Å². The average molecular weight is 226 g/mol. The standard InChI is InChI=1S/C9H19Cl2Si/c1-2-3-4-5-6-7-8-9-12(10)11/h2-9H2,1H3. The van der Waals surface area contributed by atoms with E-state index in [1.807, 2.05) is 0 Å². The van der Waals surface area contributed by atoms with Crippen LogP contribution in [0.15, 0.2) is 0 Å². The van der Waals surface area contributed by atoms with Crippen LogP contribution in [-0.4, -0.2) is 7.42 Å². The molecule has 0 amide bonds. The first kappa shape index (κ1) is 12.8. The van der Waals surface area contributed by atoms with Gasteiger partial charge >= 0.3 is 0 Å². The minimum Gasteiger partial charge on any atom is -0.147 e. The van der Waals surface area contributed by atoms with E-state index >= 15 is 0 Å². The minimum atomic E-state index is -0.987. The summed E-state index contributed by atoms with van der Waals surface area (Å²) in [5, 5.41) is 0. The van der Waals surface area contributed by atoms with Crippen LogP contribution in [0.25, 0.3) is 0 Å². The fraction of sp³-hybridized carbons (Fsp3) is 1.00. The van der Waals surface area contributed by atoms with Crippen molar-refractivity contribution in [2.24, 2.45) is 0 Å². The highest BCUT2D eigenvalue weighted by Gasteiger charge is 2.01. The molecule has 0 fully saturated rings. The molecule has 0 N–H and O–H groups in total. The van der Waals surface area contributed by atoms with E-state index < -0.39 is 7.42 Å². The van der Waals surface area contributed by atoms with E-state index in [2.05, 4.69) is 6.92 Å². The van der Waals surface area contributed by atoms with Gasteiger partial charge < -0.3 is 0 Å². The molecule has 0 saturated heterocycles. The largest absolute Gasteiger partial charge is 0.273 e. The van der Waals surface area contributed by atoms with Gasteiger partial charge in [0, 0.05) is 0 Å². The normalized spacial score (nSPS) is 11.0. The third kappa shape index (κ3) is 10.8. The zero-order valence-electron chi connectivity index (χ0n) is 7.91. The summed E-state index contributed by atoms with van der Waals surface area (Å²) in [6, 6.07) is 1.06. The molecule has 0 rings (SSSR count). The van der Waals surface area contributed by atoms with Crippen molar-refractivity contribution in [1.82, 2.24) is 0 Å². The molecule has 0 unspecified atom stereocenters. The first-order chi connectivity index (χ1) is 5.77. The Morgan fingerprint density at radius 2 is 1.33 bits per heavy atom. The van der Waals surface area contributed by atoms with Crippen molar-refractivity contribution in [3.8, 4) is 0 Å². The molecule has 0 aromatic rings. The second-order valence-corrected chi connectivity index (χ2v) is 7.71. The van der Waals surface area contributed by atoms with E-state index in [1.165, 1.54) is 44.9 Å². The summed E-state index contributed by atoms with van der Waals surface area (Å²) in [5.74, 6) is 0. The highest BCUT2D eigenvalue weighted by molar-refractivity contribution is 7.33. The van der Waals surface area contributed by atoms with Crippen LogP contribution in [-0.2, 0) is 0 Å². The van der Waals surface area contributed by atoms with Crippen LogP contribution in [0, 0.1) is 0 Å². The molecule has 3 heteroatoms. The SMILES string of the molecule is CCCCCCCCC[Si](Cl)Cl. The second-order valence-electron chi connectivity index (χ2n) is 3.21. The van der Waals surface area contributed by atoms with Gasteiger partial charge in [0.25, 0.3) is 7.42 Å². The lowest BCUT2D eigenvalue weighted by Gasteiger charge is -2.00. The van der Waals surface area contributed by atoms with Crippen LogP contribution in [0.4, 0.5) is 0 Å². The number of halogens is 2. The molecule has 73 valence electrons. The number of unbranched alkanes of at least 4 members (excludes halogenated alkanes) is 6. The Morgan fingerprint density at radius 1 is 0.833 bits per heavy atom. The zero-order valence-corrected chi connectivity index (χ0v) is 10.4. The highest BCUT2D eigenvalue weighted by atomic mass is 35.7. The van der Waals surface area contributed by atoms with E-state index in [9.17, 15) is 0 Å². The Balaban J connectivity index is 2.82. The van der Waals surface area contributed by atoms with E-state index in [0.717, 1.165) is 6.04 Å². The van der Waals surface area contributed by atoms with Gasteiger partial charge in [0.05, 0.1) is 0 Å². The van der Waals surface area contributed by atoms with Gasteiger partial charge in [-0.05, 0) is 6.04 Å². The van der Waals surface area contributed by atoms with E-state index in [1.54, 1.807) is 0 Å². The van der Waals surface area contributed by atoms with Crippen molar-refractivity contribution in [3.63, 3.8) is 0 Å². The molecular weight excluding hydrogens is 207 g/mol. The molecule has 1 radical (unpaired) electrons. The van der Waals surface area contributed by atoms with Gasteiger partial charge in [-0.15, -0.1) is 22.2 Å². The summed E-state index contributed by atoms with van der Waals surface area (Å²) >= 11 is 11.4. The summed E-state index contributed by atoms with van der Waals surface area (Å²) in [4.78, 5) is 0. The fourth-order valence-corrected chi connectivity index (χ4v) is 2.53. The van der Waals surface area contributed by atoms with Gasteiger partial charge in [-0.25, -0.2) is 0 Å². The molecule has 0 aliphatic rings. The minimum absolute atomic E-state index is 0.987. The monoisotopic (exact) mass is 225 g/mol. The van der Waals surface area contributed by atoms with Crippen molar-refractivity contribution < 1.29 is 0 Å². The van der Waals surface area contributed by atoms with Crippen molar-refractivity contribution in [2.75, 3.05) is 0 Å². The molecule has 0 bridgehead atoms. The highest BCUT2D eigenvalue weighted by Crippen LogP contribution is 2.12. The summed E-state index contributed by atoms with van der Waals surface area (Å²) < 4.78 is 0. The summed E-state index contributed by atoms with van der Waals surface area (Å²) in [6.45, 7) is 2.25. The maximum Gasteiger partial charge on any atom is 0.273 e. The van der Waals surface area contributed by atoms with Gasteiger partial charge in [0.1, 0.15) is 0 Å². The lowest BCUT2D eigenvalue weighted by atomic mass is 10.1. The Kier molecular flexibility index (Phi) is 10.5. The van der Waals surface area contributed by atoms with Crippen LogP contribution in [0.2, 0.25) is 6.04 Å². The molecule has 0 aliphatic carbocycles. The Hall–Kier alpha value is 0.797. The maximum absolute atomic E-state index is 5.71. The predicted molar refractivity (Wildman–Crippen MR) is 60.3 cm³/mol. The van der Waals surface area contributed by atoms with Crippen LogP contribution in [0.5, 0.6) is 0 Å². The smallest absolute Gasteiger partial charge is 0.147 e. The predicted octanol–water partition coefficient (Wildman–Crippen LogP) is 4.70. The molecule has 0 atom stereocenters. The molecule has 0 spiro atoms. The quantitative estimate of drug-likeness (QED) is 0.319. The van der Waals surface area contributed by atoms with E-state index in [0.29, 0.717) is 0 Å². The van der Waals surface area contributed by atoms with Crippen molar-refractivity contribution >= 4 is 29.6 Å². The van der Waals surface area contributed by atoms with Gasteiger partial charge in [-0.1, -0.05) is 51.9 Å². The third-order valence-electron chi connectivity index (χ3n) is 1.97. The lowest BCUT2D eigenvalue weighted by molar-refractivity contribution is 0.601. The van der Waals surface area contributed by atoms with Crippen LogP contribution >= 0.6 is 22.2 Å². The van der Waals surface area contributed by atoms with Crippen molar-refractivity contribution in [3.05, 3.63) is 0 Å². The maximum atomic E-state index is 5.71. The third-order valence-corrected chi connectivity index (χ3v) is 3.83. The molecular formula is C9H19Cl2Si. The zero-order chi connectivity index (χ0) is 9.23. The number of hydrogen-bond acceptors (Lipinski definition) is 0. The Labute approximate surface area is 87.7 Å². The summed E-state index contributed by atoms with van der Waals surface area (Å²) in [7, 11) is -0.987. The Morgan fingerprint density at radius 3 is 1.83 bits per heavy atom. The van der Waals surface area contributed by atoms with Gasteiger partial charge in [-0.3, -0.25) is 0 Å². The van der Waals surface area contributed by atoms with E-state index in [-0.39, 0.29) is 0 Å². The van der Waals surface area contributed by atoms with Crippen molar-refractivity contribution in [2.45, 2.75) is 57.9 Å². The Bertz CT molecular complexity index is 86.6. The molecule has 0 aromatic carbocycles. The van der Waals surface area contributed by atoms with Crippen molar-refractivity contribution in [1.29, 1.82) is 0 Å². The summed E-state index contributed by atoms with van der Waals surface area (Å²) in [6.07, 6.45) is 9.42. The van der Waals surface area contributed by atoms with Gasteiger partial charge in [0.2, 0.25) is 0 Å². The molecule has 12 heavy (non-hydrogen) atoms. The topological polar surface area (TPSA) is 0 Å². The van der Waals surface area contributed by atoms with Crippen LogP contribution < -0.4 is 0 Å². The second kappa shape index (κ2) is 9.88. The number of rotatable bonds is 8. The average Bonchev–Trinajstić information content (AvgIpc) is 2.02. The molecule has 0 saturated carbocycles. The number of hydrogen-bond donors (Lipinski definition) is 0. The summed E-state index contributed by atoms with van der Waals surface area (Å²) in [5.41, 5.74) is 0. The first-order valence-electron chi connectivity index (χ1n) is 4.94. The van der Waals surface area contributed by atoms with Crippen LogP contribution in [0.1, 0.15) is 51.9 Å². The van der Waals surface area contributed by atoms with Gasteiger partial charge in [0.15, 0.2) is 0 Å². The lowest BCUT2D eigenvalue weighted by Crippen LogP contribution is -1.90. The first-order valence-corrected chi connectivity index (χ1v) is 8.67. The van der Waals surface area contributed by atoms with Gasteiger partial charge in [-0.2, -0.15) is 0 Å².